The number of hydrogen-bond acceptors (Lipinski definition) is 5. The van der Waals surface area contributed by atoms with E-state index in [1.807, 2.05) is 31.3 Å². The van der Waals surface area contributed by atoms with Crippen molar-refractivity contribution >= 4 is 10.8 Å². The highest BCUT2D eigenvalue weighted by molar-refractivity contribution is 5.85. The van der Waals surface area contributed by atoms with Crippen molar-refractivity contribution in [3.63, 3.8) is 0 Å². The Labute approximate surface area is 128 Å². The zero-order valence-electron chi connectivity index (χ0n) is 12.6. The third-order valence-electron chi connectivity index (χ3n) is 4.28. The van der Waals surface area contributed by atoms with Crippen LogP contribution in [0.5, 0.6) is 0 Å². The van der Waals surface area contributed by atoms with Crippen molar-refractivity contribution in [1.82, 2.24) is 15.1 Å². The van der Waals surface area contributed by atoms with E-state index < -0.39 is 0 Å². The average Bonchev–Trinajstić information content (AvgIpc) is 2.98. The molecule has 3 aromatic rings. The standard InChI is InChI=1S/C17H17N3O2/c1-3-21-15-10(2)14(15)17-19-16(20-22-17)12-4-5-13-9-18-7-6-11(13)8-12/h4-10,14-15H,3H2,1-2H3. The fourth-order valence-electron chi connectivity index (χ4n) is 2.95. The van der Waals surface area contributed by atoms with Gasteiger partial charge in [-0.1, -0.05) is 24.2 Å². The molecule has 0 bridgehead atoms. The number of rotatable bonds is 4. The summed E-state index contributed by atoms with van der Waals surface area (Å²) in [4.78, 5) is 8.68. The molecular formula is C17H17N3O2. The van der Waals surface area contributed by atoms with Crippen LogP contribution < -0.4 is 0 Å². The zero-order valence-corrected chi connectivity index (χ0v) is 12.6. The van der Waals surface area contributed by atoms with Gasteiger partial charge < -0.3 is 9.26 Å². The largest absolute Gasteiger partial charge is 0.377 e. The van der Waals surface area contributed by atoms with E-state index in [4.69, 9.17) is 9.26 Å². The van der Waals surface area contributed by atoms with Gasteiger partial charge in [0.1, 0.15) is 0 Å². The van der Waals surface area contributed by atoms with Crippen LogP contribution in [-0.4, -0.2) is 27.8 Å². The summed E-state index contributed by atoms with van der Waals surface area (Å²) in [5.41, 5.74) is 0.954. The van der Waals surface area contributed by atoms with E-state index in [0.717, 1.165) is 16.3 Å². The van der Waals surface area contributed by atoms with Crippen LogP contribution in [0, 0.1) is 5.92 Å². The van der Waals surface area contributed by atoms with E-state index in [-0.39, 0.29) is 12.0 Å². The molecule has 3 atom stereocenters. The lowest BCUT2D eigenvalue weighted by Gasteiger charge is -1.98. The summed E-state index contributed by atoms with van der Waals surface area (Å²) in [5.74, 6) is 1.97. The molecule has 1 fully saturated rings. The van der Waals surface area contributed by atoms with Crippen LogP contribution in [0.15, 0.2) is 41.2 Å². The van der Waals surface area contributed by atoms with E-state index in [0.29, 0.717) is 24.2 Å². The van der Waals surface area contributed by atoms with Gasteiger partial charge in [-0.3, -0.25) is 4.98 Å². The summed E-state index contributed by atoms with van der Waals surface area (Å²) in [5, 5.41) is 6.34. The number of ether oxygens (including phenoxy) is 1. The predicted molar refractivity (Wildman–Crippen MR) is 82.4 cm³/mol. The highest BCUT2D eigenvalue weighted by Gasteiger charge is 2.52. The van der Waals surface area contributed by atoms with Crippen molar-refractivity contribution in [2.75, 3.05) is 6.61 Å². The van der Waals surface area contributed by atoms with Crippen LogP contribution in [-0.2, 0) is 4.74 Å². The Morgan fingerprint density at radius 3 is 3.00 bits per heavy atom. The molecule has 0 spiro atoms. The highest BCUT2D eigenvalue weighted by atomic mass is 16.5. The van der Waals surface area contributed by atoms with Gasteiger partial charge in [-0.05, 0) is 30.4 Å². The normalized spacial score (nSPS) is 23.8. The summed E-state index contributed by atoms with van der Waals surface area (Å²) in [6, 6.07) is 8.06. The first-order valence-electron chi connectivity index (χ1n) is 7.57. The van der Waals surface area contributed by atoms with E-state index in [2.05, 4.69) is 28.1 Å². The number of fused-ring (bicyclic) bond motifs is 1. The van der Waals surface area contributed by atoms with Gasteiger partial charge >= 0.3 is 0 Å². The molecule has 0 saturated heterocycles. The number of benzene rings is 1. The smallest absolute Gasteiger partial charge is 0.233 e. The molecule has 1 aliphatic carbocycles. The van der Waals surface area contributed by atoms with Gasteiger partial charge in [-0.25, -0.2) is 0 Å². The predicted octanol–water partition coefficient (Wildman–Crippen LogP) is 3.42. The van der Waals surface area contributed by atoms with Gasteiger partial charge in [0.25, 0.3) is 0 Å². The maximum absolute atomic E-state index is 5.67. The second-order valence-electron chi connectivity index (χ2n) is 5.70. The minimum Gasteiger partial charge on any atom is -0.377 e. The molecule has 0 radical (unpaired) electrons. The molecule has 1 aromatic carbocycles. The van der Waals surface area contributed by atoms with Gasteiger partial charge in [0.15, 0.2) is 0 Å². The van der Waals surface area contributed by atoms with Crippen LogP contribution in [0.25, 0.3) is 22.2 Å². The lowest BCUT2D eigenvalue weighted by atomic mass is 10.1. The number of hydrogen-bond donors (Lipinski definition) is 0. The summed E-state index contributed by atoms with van der Waals surface area (Å²) in [6.07, 6.45) is 3.84. The molecule has 5 heteroatoms. The summed E-state index contributed by atoms with van der Waals surface area (Å²) in [6.45, 7) is 4.87. The molecule has 22 heavy (non-hydrogen) atoms. The van der Waals surface area contributed by atoms with E-state index in [1.54, 1.807) is 6.20 Å². The van der Waals surface area contributed by atoms with Gasteiger partial charge in [0, 0.05) is 30.0 Å². The van der Waals surface area contributed by atoms with Crippen molar-refractivity contribution in [3.05, 3.63) is 42.5 Å². The molecule has 0 amide bonds. The second kappa shape index (κ2) is 5.18. The molecule has 5 nitrogen and oxygen atoms in total. The quantitative estimate of drug-likeness (QED) is 0.738. The van der Waals surface area contributed by atoms with Crippen molar-refractivity contribution < 1.29 is 9.26 Å². The number of aromatic nitrogens is 3. The molecule has 0 aliphatic heterocycles. The molecule has 4 rings (SSSR count). The van der Waals surface area contributed by atoms with Crippen LogP contribution in [0.2, 0.25) is 0 Å². The first-order valence-corrected chi connectivity index (χ1v) is 7.57. The van der Waals surface area contributed by atoms with Crippen LogP contribution >= 0.6 is 0 Å². The fraction of sp³-hybridized carbons (Fsp3) is 0.353. The Morgan fingerprint density at radius 2 is 2.14 bits per heavy atom. The van der Waals surface area contributed by atoms with Crippen molar-refractivity contribution in [1.29, 1.82) is 0 Å². The Bertz CT molecular complexity index is 814. The van der Waals surface area contributed by atoms with Crippen molar-refractivity contribution in [3.8, 4) is 11.4 Å². The molecule has 112 valence electrons. The van der Waals surface area contributed by atoms with Gasteiger partial charge in [-0.15, -0.1) is 0 Å². The Hall–Kier alpha value is -2.27. The van der Waals surface area contributed by atoms with Crippen LogP contribution in [0.1, 0.15) is 25.7 Å². The van der Waals surface area contributed by atoms with E-state index in [1.165, 1.54) is 0 Å². The molecular weight excluding hydrogens is 278 g/mol. The Balaban J connectivity index is 1.63. The monoisotopic (exact) mass is 295 g/mol. The van der Waals surface area contributed by atoms with Crippen molar-refractivity contribution in [2.45, 2.75) is 25.9 Å². The molecule has 2 heterocycles. The first-order chi connectivity index (χ1) is 10.8. The summed E-state index contributed by atoms with van der Waals surface area (Å²) < 4.78 is 11.1. The Kier molecular flexibility index (Phi) is 3.15. The lowest BCUT2D eigenvalue weighted by Crippen LogP contribution is -1.96. The summed E-state index contributed by atoms with van der Waals surface area (Å²) in [7, 11) is 0. The SMILES string of the molecule is CCOC1C(C)C1c1nc(-c2ccc3cnccc3c2)no1. The maximum atomic E-state index is 5.67. The fourth-order valence-corrected chi connectivity index (χ4v) is 2.95. The van der Waals surface area contributed by atoms with Gasteiger partial charge in [0.05, 0.1) is 12.0 Å². The van der Waals surface area contributed by atoms with E-state index in [9.17, 15) is 0 Å². The third kappa shape index (κ3) is 2.18. The Morgan fingerprint density at radius 1 is 1.23 bits per heavy atom. The number of pyridine rings is 1. The van der Waals surface area contributed by atoms with E-state index >= 15 is 0 Å². The molecule has 1 saturated carbocycles. The summed E-state index contributed by atoms with van der Waals surface area (Å²) >= 11 is 0. The zero-order chi connectivity index (χ0) is 15.1. The molecule has 1 aliphatic rings. The third-order valence-corrected chi connectivity index (χ3v) is 4.28. The molecule has 0 N–H and O–H groups in total. The second-order valence-corrected chi connectivity index (χ2v) is 5.70. The first kappa shape index (κ1) is 13.4. The molecule has 2 aromatic heterocycles. The lowest BCUT2D eigenvalue weighted by molar-refractivity contribution is 0.117. The van der Waals surface area contributed by atoms with Crippen LogP contribution in [0.4, 0.5) is 0 Å². The highest BCUT2D eigenvalue weighted by Crippen LogP contribution is 2.49. The van der Waals surface area contributed by atoms with Gasteiger partial charge in [0.2, 0.25) is 11.7 Å². The number of nitrogens with zero attached hydrogens (tertiary/aromatic N) is 3. The topological polar surface area (TPSA) is 61.0 Å². The maximum Gasteiger partial charge on any atom is 0.233 e. The molecule has 3 unspecified atom stereocenters. The van der Waals surface area contributed by atoms with Crippen LogP contribution in [0.3, 0.4) is 0 Å². The van der Waals surface area contributed by atoms with Crippen molar-refractivity contribution in [2.24, 2.45) is 5.92 Å². The van der Waals surface area contributed by atoms with Gasteiger partial charge in [-0.2, -0.15) is 4.98 Å². The average molecular weight is 295 g/mol. The minimum absolute atomic E-state index is 0.209. The minimum atomic E-state index is 0.209.